The van der Waals surface area contributed by atoms with Crippen molar-refractivity contribution < 1.29 is 9.47 Å². The summed E-state index contributed by atoms with van der Waals surface area (Å²) < 4.78 is 10.8. The number of ether oxygens (including phenoxy) is 2. The second kappa shape index (κ2) is 5.03. The fourth-order valence-corrected chi connectivity index (χ4v) is 2.97. The quantitative estimate of drug-likeness (QED) is 0.857. The summed E-state index contributed by atoms with van der Waals surface area (Å²) in [4.78, 5) is 2.00. The molecule has 110 valence electrons. The Balaban J connectivity index is 1.63. The molecule has 4 nitrogen and oxygen atoms in total. The Morgan fingerprint density at radius 3 is 2.86 bits per heavy atom. The highest BCUT2D eigenvalue weighted by Gasteiger charge is 2.24. The molecule has 2 aromatic carbocycles. The van der Waals surface area contributed by atoms with Crippen LogP contribution < -0.4 is 14.8 Å². The third kappa shape index (κ3) is 2.10. The van der Waals surface area contributed by atoms with E-state index in [0.717, 1.165) is 34.0 Å². The van der Waals surface area contributed by atoms with E-state index in [9.17, 15) is 0 Å². The topological polar surface area (TPSA) is 33.7 Å². The van der Waals surface area contributed by atoms with Crippen LogP contribution >= 0.6 is 12.2 Å². The molecule has 4 rings (SSSR count). The van der Waals surface area contributed by atoms with E-state index < -0.39 is 0 Å². The summed E-state index contributed by atoms with van der Waals surface area (Å²) in [6.07, 6.45) is 0. The van der Waals surface area contributed by atoms with Crippen LogP contribution in [0.2, 0.25) is 0 Å². The van der Waals surface area contributed by atoms with Gasteiger partial charge in [-0.05, 0) is 36.0 Å². The second-order valence-electron chi connectivity index (χ2n) is 5.20. The number of thiocarbonyl (C=S) groups is 1. The third-order valence-electron chi connectivity index (χ3n) is 3.83. The lowest BCUT2D eigenvalue weighted by Gasteiger charge is -2.33. The standard InChI is InChI=1S/C17H14N2O2S/c1-11-13-4-2-3-5-14(13)18-17(22)19(11)9-12-6-7-15-16(8-12)21-10-20-15/h2-8H,1,9-10H2,(H,18,22). The first-order valence-corrected chi connectivity index (χ1v) is 7.38. The van der Waals surface area contributed by atoms with E-state index in [0.29, 0.717) is 11.7 Å². The number of anilines is 1. The zero-order chi connectivity index (χ0) is 15.1. The maximum atomic E-state index is 5.48. The Hall–Kier alpha value is -2.53. The molecule has 0 unspecified atom stereocenters. The number of para-hydroxylation sites is 1. The zero-order valence-electron chi connectivity index (χ0n) is 11.8. The lowest BCUT2D eigenvalue weighted by molar-refractivity contribution is 0.174. The predicted octanol–water partition coefficient (Wildman–Crippen LogP) is 3.60. The molecule has 0 radical (unpaired) electrons. The highest BCUT2D eigenvalue weighted by atomic mass is 32.1. The number of nitrogens with zero attached hydrogens (tertiary/aromatic N) is 1. The van der Waals surface area contributed by atoms with Gasteiger partial charge in [-0.15, -0.1) is 0 Å². The van der Waals surface area contributed by atoms with Crippen molar-refractivity contribution in [2.45, 2.75) is 6.54 Å². The largest absolute Gasteiger partial charge is 0.454 e. The van der Waals surface area contributed by atoms with Crippen LogP contribution in [0.15, 0.2) is 49.0 Å². The van der Waals surface area contributed by atoms with E-state index in [1.54, 1.807) is 0 Å². The Morgan fingerprint density at radius 2 is 1.95 bits per heavy atom. The van der Waals surface area contributed by atoms with Gasteiger partial charge in [0.2, 0.25) is 6.79 Å². The minimum absolute atomic E-state index is 0.280. The minimum Gasteiger partial charge on any atom is -0.454 e. The minimum atomic E-state index is 0.280. The Bertz CT molecular complexity index is 788. The molecule has 0 aromatic heterocycles. The number of rotatable bonds is 2. The van der Waals surface area contributed by atoms with Crippen LogP contribution in [0, 0.1) is 0 Å². The van der Waals surface area contributed by atoms with E-state index in [1.807, 2.05) is 47.4 Å². The highest BCUT2D eigenvalue weighted by molar-refractivity contribution is 7.80. The molecule has 22 heavy (non-hydrogen) atoms. The van der Waals surface area contributed by atoms with Gasteiger partial charge in [-0.3, -0.25) is 0 Å². The van der Waals surface area contributed by atoms with Crippen LogP contribution in [-0.2, 0) is 6.54 Å². The van der Waals surface area contributed by atoms with E-state index in [4.69, 9.17) is 21.7 Å². The summed E-state index contributed by atoms with van der Waals surface area (Å²) in [7, 11) is 0. The van der Waals surface area contributed by atoms with E-state index in [-0.39, 0.29) is 6.79 Å². The van der Waals surface area contributed by atoms with Crippen LogP contribution in [0.3, 0.4) is 0 Å². The Morgan fingerprint density at radius 1 is 1.14 bits per heavy atom. The zero-order valence-corrected chi connectivity index (χ0v) is 12.7. The lowest BCUT2D eigenvalue weighted by atomic mass is 10.1. The molecule has 0 spiro atoms. The van der Waals surface area contributed by atoms with Gasteiger partial charge in [-0.2, -0.15) is 0 Å². The van der Waals surface area contributed by atoms with Crippen LogP contribution in [0.4, 0.5) is 5.69 Å². The van der Waals surface area contributed by atoms with Gasteiger partial charge >= 0.3 is 0 Å². The lowest BCUT2D eigenvalue weighted by Crippen LogP contribution is -2.36. The first-order chi connectivity index (χ1) is 10.7. The van der Waals surface area contributed by atoms with E-state index >= 15 is 0 Å². The van der Waals surface area contributed by atoms with Gasteiger partial charge in [0, 0.05) is 16.9 Å². The molecule has 2 aliphatic rings. The van der Waals surface area contributed by atoms with Gasteiger partial charge in [0.1, 0.15) is 0 Å². The van der Waals surface area contributed by atoms with Gasteiger partial charge < -0.3 is 19.7 Å². The second-order valence-corrected chi connectivity index (χ2v) is 5.58. The van der Waals surface area contributed by atoms with Gasteiger partial charge in [0.25, 0.3) is 0 Å². The summed E-state index contributed by atoms with van der Waals surface area (Å²) in [5.41, 5.74) is 4.06. The average molecular weight is 310 g/mol. The van der Waals surface area contributed by atoms with Crippen molar-refractivity contribution in [3.05, 3.63) is 60.2 Å². The summed E-state index contributed by atoms with van der Waals surface area (Å²) in [6.45, 7) is 5.11. The van der Waals surface area contributed by atoms with E-state index in [1.165, 1.54) is 0 Å². The molecule has 0 fully saturated rings. The molecule has 0 saturated carbocycles. The first kappa shape index (κ1) is 13.2. The fourth-order valence-electron chi connectivity index (χ4n) is 2.68. The number of benzene rings is 2. The average Bonchev–Trinajstić information content (AvgIpc) is 2.99. The molecule has 2 aliphatic heterocycles. The maximum Gasteiger partial charge on any atom is 0.231 e. The molecule has 0 saturated heterocycles. The number of nitrogens with one attached hydrogen (secondary N) is 1. The summed E-state index contributed by atoms with van der Waals surface area (Å²) >= 11 is 5.48. The van der Waals surface area contributed by atoms with Crippen molar-refractivity contribution >= 4 is 28.7 Å². The predicted molar refractivity (Wildman–Crippen MR) is 89.8 cm³/mol. The van der Waals surface area contributed by atoms with Gasteiger partial charge in [0.05, 0.1) is 6.54 Å². The molecule has 0 amide bonds. The molecule has 0 aliphatic carbocycles. The SMILES string of the molecule is C=C1c2ccccc2NC(=S)N1Cc1ccc2c(c1)OCO2. The highest BCUT2D eigenvalue weighted by Crippen LogP contribution is 2.35. The Labute approximate surface area is 134 Å². The van der Waals surface area contributed by atoms with Crippen molar-refractivity contribution in [2.24, 2.45) is 0 Å². The monoisotopic (exact) mass is 310 g/mol. The van der Waals surface area contributed by atoms with Crippen LogP contribution in [0.5, 0.6) is 11.5 Å². The van der Waals surface area contributed by atoms with Gasteiger partial charge in [-0.25, -0.2) is 0 Å². The van der Waals surface area contributed by atoms with Crippen molar-refractivity contribution in [1.82, 2.24) is 4.90 Å². The Kier molecular flexibility index (Phi) is 3.01. The molecule has 1 N–H and O–H groups in total. The number of fused-ring (bicyclic) bond motifs is 2. The van der Waals surface area contributed by atoms with Crippen molar-refractivity contribution in [3.8, 4) is 11.5 Å². The first-order valence-electron chi connectivity index (χ1n) is 6.98. The summed E-state index contributed by atoms with van der Waals surface area (Å²) in [5, 5.41) is 3.91. The molecule has 0 atom stereocenters. The normalized spacial score (nSPS) is 15.5. The van der Waals surface area contributed by atoms with Crippen molar-refractivity contribution in [1.29, 1.82) is 0 Å². The number of hydrogen-bond acceptors (Lipinski definition) is 3. The van der Waals surface area contributed by atoms with Crippen LogP contribution in [-0.4, -0.2) is 16.8 Å². The van der Waals surface area contributed by atoms with E-state index in [2.05, 4.69) is 11.9 Å². The number of hydrogen-bond donors (Lipinski definition) is 1. The molecule has 2 aromatic rings. The molecule has 5 heteroatoms. The maximum absolute atomic E-state index is 5.48. The molecule has 2 heterocycles. The van der Waals surface area contributed by atoms with Crippen LogP contribution in [0.1, 0.15) is 11.1 Å². The van der Waals surface area contributed by atoms with Gasteiger partial charge in [-0.1, -0.05) is 30.8 Å². The van der Waals surface area contributed by atoms with Crippen LogP contribution in [0.25, 0.3) is 5.70 Å². The smallest absolute Gasteiger partial charge is 0.231 e. The fraction of sp³-hybridized carbons (Fsp3) is 0.118. The van der Waals surface area contributed by atoms with Crippen molar-refractivity contribution in [3.63, 3.8) is 0 Å². The summed E-state index contributed by atoms with van der Waals surface area (Å²) in [5.74, 6) is 1.56. The summed E-state index contributed by atoms with van der Waals surface area (Å²) in [6, 6.07) is 14.0. The molecular formula is C17H14N2O2S. The van der Waals surface area contributed by atoms with Crippen molar-refractivity contribution in [2.75, 3.05) is 12.1 Å². The molecular weight excluding hydrogens is 296 g/mol. The third-order valence-corrected chi connectivity index (χ3v) is 4.15. The molecule has 0 bridgehead atoms. The van der Waals surface area contributed by atoms with Gasteiger partial charge in [0.15, 0.2) is 16.6 Å².